The Morgan fingerprint density at radius 2 is 2.29 bits per heavy atom. The molecule has 0 aliphatic carbocycles. The van der Waals surface area contributed by atoms with Gasteiger partial charge in [0.25, 0.3) is 0 Å². The monoisotopic (exact) mass is 327 g/mol. The molecule has 2 rings (SSSR count). The van der Waals surface area contributed by atoms with Gasteiger partial charge in [0.1, 0.15) is 10.7 Å². The molecule has 0 atom stereocenters. The predicted molar refractivity (Wildman–Crippen MR) is 79.5 cm³/mol. The van der Waals surface area contributed by atoms with E-state index < -0.39 is 0 Å². The molecule has 0 aromatic carbocycles. The zero-order valence-corrected chi connectivity index (χ0v) is 12.0. The number of hydrogen-bond acceptors (Lipinski definition) is 4. The third-order valence-electron chi connectivity index (χ3n) is 2.12. The maximum Gasteiger partial charge on any atom is 0.124 e. The molecule has 0 amide bonds. The van der Waals surface area contributed by atoms with Crippen molar-refractivity contribution in [2.45, 2.75) is 6.54 Å². The molecule has 0 spiro atoms. The lowest BCUT2D eigenvalue weighted by Gasteiger charge is -2.08. The Balaban J connectivity index is 2.11. The van der Waals surface area contributed by atoms with Gasteiger partial charge in [-0.2, -0.15) is 0 Å². The first-order valence-corrected chi connectivity index (χ1v) is 6.91. The third kappa shape index (κ3) is 3.24. The molecule has 3 N–H and O–H groups in total. The second-order valence-corrected chi connectivity index (χ2v) is 6.31. The number of nitrogens with two attached hydrogens (primary N) is 1. The molecule has 2 aromatic heterocycles. The van der Waals surface area contributed by atoms with Gasteiger partial charge in [-0.1, -0.05) is 12.2 Å². The van der Waals surface area contributed by atoms with E-state index in [9.17, 15) is 0 Å². The molecular weight excluding hydrogens is 318 g/mol. The Labute approximate surface area is 117 Å². The van der Waals surface area contributed by atoms with Crippen LogP contribution in [0.4, 0.5) is 5.69 Å². The minimum atomic E-state index is 0.306. The molecule has 2 heterocycles. The van der Waals surface area contributed by atoms with Gasteiger partial charge in [-0.05, 0) is 40.2 Å². The molecule has 0 unspecified atom stereocenters. The molecular formula is C11H10BrN3S2. The van der Waals surface area contributed by atoms with Crippen molar-refractivity contribution in [3.63, 3.8) is 0 Å². The number of hydrogen-bond donors (Lipinski definition) is 2. The van der Waals surface area contributed by atoms with Crippen LogP contribution in [0, 0.1) is 0 Å². The van der Waals surface area contributed by atoms with Crippen LogP contribution in [0.15, 0.2) is 34.2 Å². The first-order chi connectivity index (χ1) is 8.16. The molecule has 0 saturated heterocycles. The Kier molecular flexibility index (Phi) is 4.09. The number of nitrogens with one attached hydrogen (secondary N) is 1. The Hall–Kier alpha value is -0.980. The van der Waals surface area contributed by atoms with Crippen molar-refractivity contribution >= 4 is 50.2 Å². The van der Waals surface area contributed by atoms with Crippen molar-refractivity contribution < 1.29 is 0 Å². The van der Waals surface area contributed by atoms with Gasteiger partial charge in [0.05, 0.1) is 9.47 Å². The SMILES string of the molecule is NC(=S)c1ncccc1NCc1ccc(Br)s1. The van der Waals surface area contributed by atoms with E-state index in [0.29, 0.717) is 10.7 Å². The number of thiocarbonyl (C=S) groups is 1. The maximum absolute atomic E-state index is 5.61. The van der Waals surface area contributed by atoms with Crippen molar-refractivity contribution in [2.24, 2.45) is 5.73 Å². The molecule has 88 valence electrons. The van der Waals surface area contributed by atoms with Crippen LogP contribution < -0.4 is 11.1 Å². The first-order valence-electron chi connectivity index (χ1n) is 4.89. The summed E-state index contributed by atoms with van der Waals surface area (Å²) in [6, 6.07) is 7.87. The van der Waals surface area contributed by atoms with E-state index in [1.165, 1.54) is 4.88 Å². The summed E-state index contributed by atoms with van der Waals surface area (Å²) >= 11 is 10.1. The molecule has 0 radical (unpaired) electrons. The third-order valence-corrected chi connectivity index (χ3v) is 3.94. The van der Waals surface area contributed by atoms with E-state index in [0.717, 1.165) is 16.0 Å². The Morgan fingerprint density at radius 3 is 2.94 bits per heavy atom. The highest BCUT2D eigenvalue weighted by atomic mass is 79.9. The normalized spacial score (nSPS) is 10.2. The minimum Gasteiger partial charge on any atom is -0.388 e. The molecule has 2 aromatic rings. The predicted octanol–water partition coefficient (Wildman–Crippen LogP) is 3.15. The Bertz CT molecular complexity index is 539. The van der Waals surface area contributed by atoms with Crippen LogP contribution in [-0.4, -0.2) is 9.97 Å². The highest BCUT2D eigenvalue weighted by Crippen LogP contribution is 2.23. The molecule has 0 fully saturated rings. The lowest BCUT2D eigenvalue weighted by Crippen LogP contribution is -2.14. The van der Waals surface area contributed by atoms with Crippen molar-refractivity contribution in [3.05, 3.63) is 44.8 Å². The van der Waals surface area contributed by atoms with Gasteiger partial charge < -0.3 is 11.1 Å². The van der Waals surface area contributed by atoms with E-state index in [4.69, 9.17) is 18.0 Å². The summed E-state index contributed by atoms with van der Waals surface area (Å²) in [7, 11) is 0. The molecule has 6 heteroatoms. The van der Waals surface area contributed by atoms with Crippen LogP contribution in [0.5, 0.6) is 0 Å². The van der Waals surface area contributed by atoms with Crippen molar-refractivity contribution in [1.82, 2.24) is 4.98 Å². The average Bonchev–Trinajstić information content (AvgIpc) is 2.73. The van der Waals surface area contributed by atoms with Gasteiger partial charge in [-0.3, -0.25) is 4.98 Å². The number of pyridine rings is 1. The fourth-order valence-corrected chi connectivity index (χ4v) is 2.96. The summed E-state index contributed by atoms with van der Waals surface area (Å²) < 4.78 is 1.12. The number of thiophene rings is 1. The maximum atomic E-state index is 5.61. The molecule has 17 heavy (non-hydrogen) atoms. The number of nitrogens with zero attached hydrogens (tertiary/aromatic N) is 1. The molecule has 0 saturated carbocycles. The average molecular weight is 328 g/mol. The zero-order chi connectivity index (χ0) is 12.3. The molecule has 0 bridgehead atoms. The van der Waals surface area contributed by atoms with Gasteiger partial charge in [0, 0.05) is 17.6 Å². The summed E-state index contributed by atoms with van der Waals surface area (Å²) in [4.78, 5) is 5.70. The van der Waals surface area contributed by atoms with Gasteiger partial charge in [-0.25, -0.2) is 0 Å². The number of rotatable bonds is 4. The van der Waals surface area contributed by atoms with E-state index >= 15 is 0 Å². The topological polar surface area (TPSA) is 50.9 Å². The molecule has 0 aliphatic heterocycles. The van der Waals surface area contributed by atoms with Gasteiger partial charge >= 0.3 is 0 Å². The van der Waals surface area contributed by atoms with Gasteiger partial charge in [0.2, 0.25) is 0 Å². The van der Waals surface area contributed by atoms with Gasteiger partial charge in [-0.15, -0.1) is 11.3 Å². The highest BCUT2D eigenvalue weighted by Gasteiger charge is 2.06. The zero-order valence-electron chi connectivity index (χ0n) is 8.81. The van der Waals surface area contributed by atoms with Crippen LogP contribution in [0.2, 0.25) is 0 Å². The van der Waals surface area contributed by atoms with E-state index in [1.54, 1.807) is 17.5 Å². The van der Waals surface area contributed by atoms with Crippen LogP contribution in [0.1, 0.15) is 10.6 Å². The fourth-order valence-electron chi connectivity index (χ4n) is 1.37. The lowest BCUT2D eigenvalue weighted by molar-refractivity contribution is 1.16. The smallest absolute Gasteiger partial charge is 0.124 e. The van der Waals surface area contributed by atoms with Crippen molar-refractivity contribution in [1.29, 1.82) is 0 Å². The van der Waals surface area contributed by atoms with Crippen LogP contribution >= 0.6 is 39.5 Å². The highest BCUT2D eigenvalue weighted by molar-refractivity contribution is 9.11. The summed E-state index contributed by atoms with van der Waals surface area (Å²) in [5, 5.41) is 3.28. The van der Waals surface area contributed by atoms with E-state index in [2.05, 4.69) is 32.3 Å². The van der Waals surface area contributed by atoms with Crippen LogP contribution in [0.3, 0.4) is 0 Å². The second kappa shape index (κ2) is 5.57. The number of anilines is 1. The number of aromatic nitrogens is 1. The quantitative estimate of drug-likeness (QED) is 0.847. The molecule has 3 nitrogen and oxygen atoms in total. The van der Waals surface area contributed by atoms with Crippen LogP contribution in [-0.2, 0) is 6.54 Å². The van der Waals surface area contributed by atoms with E-state index in [1.807, 2.05) is 18.2 Å². The lowest BCUT2D eigenvalue weighted by atomic mass is 10.3. The molecule has 0 aliphatic rings. The summed E-state index contributed by atoms with van der Waals surface area (Å²) in [5.41, 5.74) is 7.11. The van der Waals surface area contributed by atoms with Gasteiger partial charge in [0.15, 0.2) is 0 Å². The minimum absolute atomic E-state index is 0.306. The fraction of sp³-hybridized carbons (Fsp3) is 0.0909. The van der Waals surface area contributed by atoms with Crippen LogP contribution in [0.25, 0.3) is 0 Å². The second-order valence-electron chi connectivity index (χ2n) is 3.32. The van der Waals surface area contributed by atoms with Crippen molar-refractivity contribution in [3.8, 4) is 0 Å². The Morgan fingerprint density at radius 1 is 1.47 bits per heavy atom. The first kappa shape index (κ1) is 12.5. The van der Waals surface area contributed by atoms with Crippen molar-refractivity contribution in [2.75, 3.05) is 5.32 Å². The summed E-state index contributed by atoms with van der Waals surface area (Å²) in [5.74, 6) is 0. The number of halogens is 1. The summed E-state index contributed by atoms with van der Waals surface area (Å²) in [6.07, 6.45) is 1.68. The largest absolute Gasteiger partial charge is 0.388 e. The van der Waals surface area contributed by atoms with E-state index in [-0.39, 0.29) is 0 Å². The summed E-state index contributed by atoms with van der Waals surface area (Å²) in [6.45, 7) is 0.734. The standard InChI is InChI=1S/C11H10BrN3S2/c12-9-4-3-7(17-9)6-15-8-2-1-5-14-10(8)11(13)16/h1-5,15H,6H2,(H2,13,16).